The lowest BCUT2D eigenvalue weighted by Gasteiger charge is -2.15. The highest BCUT2D eigenvalue weighted by Crippen LogP contribution is 2.41. The average Bonchev–Trinajstić information content (AvgIpc) is 2.58. The van der Waals surface area contributed by atoms with Gasteiger partial charge in [-0.25, -0.2) is 8.78 Å². The van der Waals surface area contributed by atoms with Crippen molar-refractivity contribution in [2.24, 2.45) is 0 Å². The zero-order valence-electron chi connectivity index (χ0n) is 13.6. The first kappa shape index (κ1) is 18.5. The van der Waals surface area contributed by atoms with E-state index in [0.717, 1.165) is 18.2 Å². The standard InChI is InChI=1S/C20H14F5S/c1-13-7-8-14(21)11-18(13)26(16-5-3-2-4-6-16)19-12-15(22)9-10-17(19)20(23,24)25/h2-12H,1H3/q+1. The lowest BCUT2D eigenvalue weighted by molar-refractivity contribution is -0.139. The van der Waals surface area contributed by atoms with Crippen molar-refractivity contribution in [2.75, 3.05) is 0 Å². The van der Waals surface area contributed by atoms with Crippen molar-refractivity contribution < 1.29 is 22.0 Å². The molecule has 134 valence electrons. The second-order valence-corrected chi connectivity index (χ2v) is 7.63. The van der Waals surface area contributed by atoms with Crippen LogP contribution in [0.5, 0.6) is 0 Å². The number of hydrogen-bond acceptors (Lipinski definition) is 0. The summed E-state index contributed by atoms with van der Waals surface area (Å²) in [6.45, 7) is 1.70. The van der Waals surface area contributed by atoms with E-state index >= 15 is 0 Å². The summed E-state index contributed by atoms with van der Waals surface area (Å²) in [6.07, 6.45) is -4.65. The van der Waals surface area contributed by atoms with E-state index in [4.69, 9.17) is 0 Å². The van der Waals surface area contributed by atoms with Crippen molar-refractivity contribution in [2.45, 2.75) is 27.8 Å². The van der Waals surface area contributed by atoms with Crippen molar-refractivity contribution in [1.82, 2.24) is 0 Å². The number of halogens is 5. The highest BCUT2D eigenvalue weighted by Gasteiger charge is 2.42. The Hall–Kier alpha value is -2.34. The third-order valence-corrected chi connectivity index (χ3v) is 6.22. The summed E-state index contributed by atoms with van der Waals surface area (Å²) in [7, 11) is -1.30. The third-order valence-electron chi connectivity index (χ3n) is 3.82. The van der Waals surface area contributed by atoms with Crippen LogP contribution in [0.3, 0.4) is 0 Å². The summed E-state index contributed by atoms with van der Waals surface area (Å²) in [5, 5.41) is 0. The van der Waals surface area contributed by atoms with Crippen LogP contribution in [0.1, 0.15) is 11.1 Å². The fourth-order valence-corrected chi connectivity index (χ4v) is 5.05. The Morgan fingerprint density at radius 3 is 1.92 bits per heavy atom. The first-order chi connectivity index (χ1) is 12.3. The highest BCUT2D eigenvalue weighted by molar-refractivity contribution is 7.97. The Morgan fingerprint density at radius 2 is 1.31 bits per heavy atom. The molecule has 0 aliphatic heterocycles. The van der Waals surface area contributed by atoms with E-state index in [-0.39, 0.29) is 4.90 Å². The second kappa shape index (κ2) is 7.11. The minimum atomic E-state index is -4.65. The van der Waals surface area contributed by atoms with Crippen LogP contribution in [-0.4, -0.2) is 0 Å². The highest BCUT2D eigenvalue weighted by atomic mass is 32.2. The molecule has 0 radical (unpaired) electrons. The molecule has 3 rings (SSSR count). The molecule has 0 fully saturated rings. The largest absolute Gasteiger partial charge is 0.421 e. The van der Waals surface area contributed by atoms with Gasteiger partial charge < -0.3 is 0 Å². The Morgan fingerprint density at radius 1 is 0.731 bits per heavy atom. The smallest absolute Gasteiger partial charge is 0.207 e. The monoisotopic (exact) mass is 381 g/mol. The van der Waals surface area contributed by atoms with Gasteiger partial charge in [-0.3, -0.25) is 0 Å². The van der Waals surface area contributed by atoms with Crippen LogP contribution in [0.25, 0.3) is 0 Å². The first-order valence-electron chi connectivity index (χ1n) is 7.69. The summed E-state index contributed by atoms with van der Waals surface area (Å²) in [5.41, 5.74) is -0.286. The van der Waals surface area contributed by atoms with E-state index in [0.29, 0.717) is 15.4 Å². The van der Waals surface area contributed by atoms with Gasteiger partial charge in [0, 0.05) is 17.7 Å². The summed E-state index contributed by atoms with van der Waals surface area (Å²) in [5.74, 6) is -1.32. The van der Waals surface area contributed by atoms with Crippen molar-refractivity contribution in [3.05, 3.63) is 89.5 Å². The molecule has 0 aliphatic carbocycles. The molecule has 0 nitrogen and oxygen atoms in total. The number of hydrogen-bond donors (Lipinski definition) is 0. The van der Waals surface area contributed by atoms with Gasteiger partial charge >= 0.3 is 6.18 Å². The van der Waals surface area contributed by atoms with E-state index in [2.05, 4.69) is 0 Å². The van der Waals surface area contributed by atoms with Gasteiger partial charge in [0.2, 0.25) is 0 Å². The second-order valence-electron chi connectivity index (χ2n) is 5.67. The minimum Gasteiger partial charge on any atom is -0.207 e. The van der Waals surface area contributed by atoms with E-state index in [1.807, 2.05) is 0 Å². The molecule has 0 heterocycles. The van der Waals surface area contributed by atoms with Crippen molar-refractivity contribution in [3.63, 3.8) is 0 Å². The molecule has 0 bridgehead atoms. The SMILES string of the molecule is Cc1ccc(F)cc1[S+](c1ccccc1)c1cc(F)ccc1C(F)(F)F. The maximum atomic E-state index is 13.9. The first-order valence-corrected chi connectivity index (χ1v) is 8.92. The quantitative estimate of drug-likeness (QED) is 0.364. The lowest BCUT2D eigenvalue weighted by Crippen LogP contribution is -2.15. The summed E-state index contributed by atoms with van der Waals surface area (Å²) < 4.78 is 68.4. The third kappa shape index (κ3) is 3.75. The van der Waals surface area contributed by atoms with Gasteiger partial charge in [0.25, 0.3) is 0 Å². The predicted molar refractivity (Wildman–Crippen MR) is 91.1 cm³/mol. The molecular formula is C20H14F5S+. The molecule has 0 amide bonds. The van der Waals surface area contributed by atoms with Crippen molar-refractivity contribution >= 4 is 10.9 Å². The zero-order chi connectivity index (χ0) is 18.9. The number of alkyl halides is 3. The van der Waals surface area contributed by atoms with Gasteiger partial charge in [-0.15, -0.1) is 0 Å². The fraction of sp³-hybridized carbons (Fsp3) is 0.100. The maximum absolute atomic E-state index is 13.9. The van der Waals surface area contributed by atoms with Crippen LogP contribution in [0.4, 0.5) is 22.0 Å². The van der Waals surface area contributed by atoms with Crippen molar-refractivity contribution in [1.29, 1.82) is 0 Å². The normalized spacial score (nSPS) is 12.8. The van der Waals surface area contributed by atoms with Crippen LogP contribution in [-0.2, 0) is 17.1 Å². The van der Waals surface area contributed by atoms with E-state index in [9.17, 15) is 22.0 Å². The molecule has 3 aromatic carbocycles. The molecule has 0 N–H and O–H groups in total. The molecule has 0 spiro atoms. The molecule has 1 atom stereocenters. The number of rotatable bonds is 3. The van der Waals surface area contributed by atoms with E-state index in [1.54, 1.807) is 37.3 Å². The summed E-state index contributed by atoms with van der Waals surface area (Å²) in [6, 6.07) is 14.9. The lowest BCUT2D eigenvalue weighted by atomic mass is 10.2. The van der Waals surface area contributed by atoms with E-state index < -0.39 is 34.3 Å². The Balaban J connectivity index is 2.33. The van der Waals surface area contributed by atoms with Gasteiger partial charge in [0.05, 0.1) is 0 Å². The molecule has 6 heteroatoms. The molecule has 0 saturated carbocycles. The van der Waals surface area contributed by atoms with Gasteiger partial charge in [-0.1, -0.05) is 24.3 Å². The zero-order valence-corrected chi connectivity index (χ0v) is 14.5. The van der Waals surface area contributed by atoms with Gasteiger partial charge in [0.1, 0.15) is 28.1 Å². The Kier molecular flexibility index (Phi) is 5.05. The number of benzene rings is 3. The van der Waals surface area contributed by atoms with Gasteiger partial charge in [-0.05, 0) is 37.3 Å². The molecular weight excluding hydrogens is 367 g/mol. The predicted octanol–water partition coefficient (Wildman–Crippen LogP) is 6.39. The van der Waals surface area contributed by atoms with Crippen LogP contribution >= 0.6 is 0 Å². The molecule has 3 aromatic rings. The molecule has 0 aromatic heterocycles. The average molecular weight is 381 g/mol. The maximum Gasteiger partial charge on any atom is 0.421 e. The summed E-state index contributed by atoms with van der Waals surface area (Å²) >= 11 is 0. The number of aryl methyl sites for hydroxylation is 1. The molecule has 1 unspecified atom stereocenters. The van der Waals surface area contributed by atoms with Crippen LogP contribution in [0.2, 0.25) is 0 Å². The van der Waals surface area contributed by atoms with E-state index in [1.165, 1.54) is 18.2 Å². The Labute approximate surface area is 150 Å². The minimum absolute atomic E-state index is 0.211. The van der Waals surface area contributed by atoms with Crippen molar-refractivity contribution in [3.8, 4) is 0 Å². The van der Waals surface area contributed by atoms with Gasteiger partial charge in [0.15, 0.2) is 14.7 Å². The topological polar surface area (TPSA) is 0 Å². The molecule has 0 saturated heterocycles. The summed E-state index contributed by atoms with van der Waals surface area (Å²) in [4.78, 5) is 0.738. The van der Waals surface area contributed by atoms with Gasteiger partial charge in [-0.2, -0.15) is 13.2 Å². The molecule has 0 aliphatic rings. The van der Waals surface area contributed by atoms with Crippen LogP contribution in [0.15, 0.2) is 81.4 Å². The van der Waals surface area contributed by atoms with Crippen LogP contribution in [0, 0.1) is 18.6 Å². The fourth-order valence-electron chi connectivity index (χ4n) is 2.62. The Bertz CT molecular complexity index is 919. The molecule has 26 heavy (non-hydrogen) atoms. The van der Waals surface area contributed by atoms with Crippen LogP contribution < -0.4 is 0 Å².